The van der Waals surface area contributed by atoms with Gasteiger partial charge in [-0.25, -0.2) is 0 Å². The third-order valence-electron chi connectivity index (χ3n) is 4.36. The van der Waals surface area contributed by atoms with E-state index in [4.69, 9.17) is 0 Å². The molecule has 1 fully saturated rings. The fraction of sp³-hybridized carbons (Fsp3) is 0.333. The van der Waals surface area contributed by atoms with Crippen molar-refractivity contribution in [3.63, 3.8) is 0 Å². The van der Waals surface area contributed by atoms with E-state index in [-0.39, 0.29) is 10.8 Å². The van der Waals surface area contributed by atoms with E-state index in [1.165, 1.54) is 0 Å². The van der Waals surface area contributed by atoms with Crippen molar-refractivity contribution in [1.29, 1.82) is 0 Å². The fourth-order valence-corrected chi connectivity index (χ4v) is 2.81. The van der Waals surface area contributed by atoms with Crippen molar-refractivity contribution < 1.29 is 9.72 Å². The average molecular weight is 325 g/mol. The van der Waals surface area contributed by atoms with Gasteiger partial charge in [0.2, 0.25) is 11.9 Å². The monoisotopic (exact) mass is 325 g/mol. The van der Waals surface area contributed by atoms with E-state index in [0.717, 1.165) is 16.8 Å². The van der Waals surface area contributed by atoms with Crippen LogP contribution in [0.25, 0.3) is 0 Å². The van der Waals surface area contributed by atoms with Crippen LogP contribution in [0.3, 0.4) is 0 Å². The summed E-state index contributed by atoms with van der Waals surface area (Å²) in [5, 5.41) is 10.9. The van der Waals surface area contributed by atoms with E-state index in [2.05, 4.69) is 4.98 Å². The number of pyridine rings is 1. The molecule has 124 valence electrons. The first-order chi connectivity index (χ1) is 11.6. The predicted octanol–water partition coefficient (Wildman–Crippen LogP) is 2.58. The van der Waals surface area contributed by atoms with Gasteiger partial charge >= 0.3 is 0 Å². The molecule has 1 amide bonds. The van der Waals surface area contributed by atoms with Gasteiger partial charge in [0.25, 0.3) is 0 Å². The number of nitro groups is 1. The molecule has 0 aliphatic heterocycles. The maximum Gasteiger partial charge on any atom is 0.233 e. The lowest BCUT2D eigenvalue weighted by Gasteiger charge is -2.23. The van der Waals surface area contributed by atoms with Crippen LogP contribution in [0.1, 0.15) is 23.2 Å². The standard InChI is InChI=1S/C18H19N3O3/c1-13-6-2-3-7-14(13)11-20(12-15-8-4-5-9-19-15)18(22)16-10-17(16)21(23)24/h2-9,16-17H,10-12H2,1H3/t16-,17+/m0/s1. The number of amides is 1. The Bertz CT molecular complexity index is 748. The summed E-state index contributed by atoms with van der Waals surface area (Å²) in [6.45, 7) is 2.79. The maximum absolute atomic E-state index is 12.7. The molecule has 0 spiro atoms. The first-order valence-corrected chi connectivity index (χ1v) is 7.93. The van der Waals surface area contributed by atoms with Gasteiger partial charge < -0.3 is 4.90 Å². The average Bonchev–Trinajstić information content (AvgIpc) is 3.37. The molecule has 1 aliphatic rings. The number of nitrogens with zero attached hydrogens (tertiary/aromatic N) is 3. The third kappa shape index (κ3) is 3.59. The first-order valence-electron chi connectivity index (χ1n) is 7.93. The van der Waals surface area contributed by atoms with Crippen molar-refractivity contribution in [2.75, 3.05) is 0 Å². The van der Waals surface area contributed by atoms with Crippen LogP contribution in [0, 0.1) is 23.0 Å². The van der Waals surface area contributed by atoms with E-state index in [1.54, 1.807) is 11.1 Å². The molecule has 0 saturated heterocycles. The van der Waals surface area contributed by atoms with Crippen molar-refractivity contribution in [3.8, 4) is 0 Å². The molecule has 24 heavy (non-hydrogen) atoms. The molecule has 1 aliphatic carbocycles. The van der Waals surface area contributed by atoms with Crippen LogP contribution in [0.2, 0.25) is 0 Å². The minimum Gasteiger partial charge on any atom is -0.332 e. The number of benzene rings is 1. The molecular formula is C18H19N3O3. The van der Waals surface area contributed by atoms with Crippen LogP contribution in [0.4, 0.5) is 0 Å². The zero-order valence-electron chi connectivity index (χ0n) is 13.5. The number of aromatic nitrogens is 1. The quantitative estimate of drug-likeness (QED) is 0.604. The highest BCUT2D eigenvalue weighted by Crippen LogP contribution is 2.35. The molecule has 0 N–H and O–H groups in total. The molecule has 3 rings (SSSR count). The number of carbonyl (C=O) groups excluding carboxylic acids is 1. The number of aryl methyl sites for hydroxylation is 1. The van der Waals surface area contributed by atoms with Gasteiger partial charge in [-0.3, -0.25) is 19.9 Å². The summed E-state index contributed by atoms with van der Waals surface area (Å²) in [5.41, 5.74) is 2.91. The Labute approximate surface area is 140 Å². The van der Waals surface area contributed by atoms with E-state index in [9.17, 15) is 14.9 Å². The predicted molar refractivity (Wildman–Crippen MR) is 88.6 cm³/mol. The van der Waals surface area contributed by atoms with Crippen molar-refractivity contribution >= 4 is 5.91 Å². The number of hydrogen-bond acceptors (Lipinski definition) is 4. The van der Waals surface area contributed by atoms with Gasteiger partial charge in [-0.15, -0.1) is 0 Å². The lowest BCUT2D eigenvalue weighted by atomic mass is 10.1. The fourth-order valence-electron chi connectivity index (χ4n) is 2.81. The molecule has 0 bridgehead atoms. The molecule has 2 atom stereocenters. The van der Waals surface area contributed by atoms with E-state index in [0.29, 0.717) is 19.5 Å². The molecule has 2 aromatic rings. The molecule has 1 aromatic heterocycles. The van der Waals surface area contributed by atoms with Crippen molar-refractivity contribution in [3.05, 3.63) is 75.6 Å². The molecule has 6 heteroatoms. The van der Waals surface area contributed by atoms with Gasteiger partial charge in [0.1, 0.15) is 5.92 Å². The number of rotatable bonds is 6. The molecule has 6 nitrogen and oxygen atoms in total. The van der Waals surface area contributed by atoms with Crippen molar-refractivity contribution in [1.82, 2.24) is 9.88 Å². The molecular weight excluding hydrogens is 306 g/mol. The zero-order chi connectivity index (χ0) is 17.1. The van der Waals surface area contributed by atoms with Crippen LogP contribution < -0.4 is 0 Å². The largest absolute Gasteiger partial charge is 0.332 e. The SMILES string of the molecule is Cc1ccccc1CN(Cc1ccccn1)C(=O)[C@H]1C[C@H]1[N+](=O)[O-]. The van der Waals surface area contributed by atoms with Gasteiger partial charge in [0.05, 0.1) is 12.2 Å². The summed E-state index contributed by atoms with van der Waals surface area (Å²) in [7, 11) is 0. The van der Waals surface area contributed by atoms with E-state index in [1.807, 2.05) is 49.4 Å². The van der Waals surface area contributed by atoms with Crippen LogP contribution >= 0.6 is 0 Å². The lowest BCUT2D eigenvalue weighted by Crippen LogP contribution is -2.33. The second-order valence-corrected chi connectivity index (χ2v) is 6.14. The van der Waals surface area contributed by atoms with Crippen molar-refractivity contribution in [2.24, 2.45) is 5.92 Å². The Hall–Kier alpha value is -2.76. The highest BCUT2D eigenvalue weighted by Gasteiger charge is 2.54. The van der Waals surface area contributed by atoms with Crippen molar-refractivity contribution in [2.45, 2.75) is 32.5 Å². The second kappa shape index (κ2) is 6.78. The van der Waals surface area contributed by atoms with Gasteiger partial charge in [-0.2, -0.15) is 0 Å². The van der Waals surface area contributed by atoms with Crippen LogP contribution in [-0.2, 0) is 17.9 Å². The Balaban J connectivity index is 1.80. The number of carbonyl (C=O) groups is 1. The number of hydrogen-bond donors (Lipinski definition) is 0. The normalized spacial score (nSPS) is 18.9. The van der Waals surface area contributed by atoms with Gasteiger partial charge in [0, 0.05) is 24.1 Å². The highest BCUT2D eigenvalue weighted by molar-refractivity contribution is 5.82. The maximum atomic E-state index is 12.7. The van der Waals surface area contributed by atoms with E-state index >= 15 is 0 Å². The van der Waals surface area contributed by atoms with Gasteiger partial charge in [0.15, 0.2) is 0 Å². The van der Waals surface area contributed by atoms with Gasteiger partial charge in [-0.05, 0) is 30.2 Å². The second-order valence-electron chi connectivity index (χ2n) is 6.14. The lowest BCUT2D eigenvalue weighted by molar-refractivity contribution is -0.497. The zero-order valence-corrected chi connectivity index (χ0v) is 13.5. The summed E-state index contributed by atoms with van der Waals surface area (Å²) >= 11 is 0. The molecule has 1 heterocycles. The van der Waals surface area contributed by atoms with Crippen LogP contribution in [-0.4, -0.2) is 26.8 Å². The Morgan fingerprint density at radius 1 is 1.25 bits per heavy atom. The summed E-state index contributed by atoms with van der Waals surface area (Å²) in [4.78, 5) is 29.2. The minimum atomic E-state index is -0.736. The Morgan fingerprint density at radius 3 is 2.62 bits per heavy atom. The summed E-state index contributed by atoms with van der Waals surface area (Å²) in [6, 6.07) is 12.7. The summed E-state index contributed by atoms with van der Waals surface area (Å²) < 4.78 is 0. The topological polar surface area (TPSA) is 76.3 Å². The summed E-state index contributed by atoms with van der Waals surface area (Å²) in [6.07, 6.45) is 2.01. The van der Waals surface area contributed by atoms with Crippen LogP contribution in [0.15, 0.2) is 48.7 Å². The van der Waals surface area contributed by atoms with Gasteiger partial charge in [-0.1, -0.05) is 30.3 Å². The smallest absolute Gasteiger partial charge is 0.233 e. The summed E-state index contributed by atoms with van der Waals surface area (Å²) in [5.74, 6) is -0.668. The highest BCUT2D eigenvalue weighted by atomic mass is 16.6. The molecule has 0 unspecified atom stereocenters. The first kappa shape index (κ1) is 16.1. The molecule has 1 saturated carbocycles. The van der Waals surface area contributed by atoms with Crippen LogP contribution in [0.5, 0.6) is 0 Å². The molecule has 0 radical (unpaired) electrons. The molecule has 1 aromatic carbocycles. The Kier molecular flexibility index (Phi) is 4.55. The van der Waals surface area contributed by atoms with E-state index < -0.39 is 12.0 Å². The minimum absolute atomic E-state index is 0.161. The third-order valence-corrected chi connectivity index (χ3v) is 4.36. The Morgan fingerprint density at radius 2 is 2.00 bits per heavy atom.